The molecule has 3 heteroatoms. The van der Waals surface area contributed by atoms with E-state index < -0.39 is 18.4 Å². The van der Waals surface area contributed by atoms with Crippen molar-refractivity contribution in [3.63, 3.8) is 0 Å². The van der Waals surface area contributed by atoms with Gasteiger partial charge >= 0.3 is 109 Å². The van der Waals surface area contributed by atoms with E-state index in [0.29, 0.717) is 0 Å². The molecule has 1 rings (SSSR count). The second kappa shape index (κ2) is 5.00. The molecular formula is C14H23NOSn. The van der Waals surface area contributed by atoms with E-state index in [1.807, 2.05) is 32.9 Å². The molecule has 1 amide bonds. The van der Waals surface area contributed by atoms with Crippen LogP contribution in [-0.4, -0.2) is 29.8 Å². The quantitative estimate of drug-likeness (QED) is 0.825. The van der Waals surface area contributed by atoms with Gasteiger partial charge in [0.25, 0.3) is 0 Å². The van der Waals surface area contributed by atoms with Gasteiger partial charge in [0.1, 0.15) is 0 Å². The number of amides is 1. The predicted molar refractivity (Wildman–Crippen MR) is 76.6 cm³/mol. The van der Waals surface area contributed by atoms with Crippen LogP contribution in [-0.2, 0) is 0 Å². The Morgan fingerprint density at radius 2 is 1.76 bits per heavy atom. The Balaban J connectivity index is 2.97. The van der Waals surface area contributed by atoms with Gasteiger partial charge in [-0.2, -0.15) is 0 Å². The number of carbonyl (C=O) groups is 1. The minimum absolute atomic E-state index is 0.0230. The summed E-state index contributed by atoms with van der Waals surface area (Å²) < 4.78 is 1.39. The van der Waals surface area contributed by atoms with Gasteiger partial charge in [0.15, 0.2) is 0 Å². The Bertz CT molecular complexity index is 413. The van der Waals surface area contributed by atoms with Crippen molar-refractivity contribution in [3.05, 3.63) is 29.8 Å². The molecule has 0 aliphatic rings. The summed E-state index contributed by atoms with van der Waals surface area (Å²) in [4.78, 5) is 19.1. The summed E-state index contributed by atoms with van der Waals surface area (Å²) in [5.74, 6) is 0.0230. The first-order chi connectivity index (χ1) is 7.59. The topological polar surface area (TPSA) is 29.1 Å². The fraction of sp³-hybridized carbons (Fsp3) is 0.500. The molecule has 0 bridgehead atoms. The van der Waals surface area contributed by atoms with Gasteiger partial charge in [0.05, 0.1) is 0 Å². The molecule has 0 atom stereocenters. The van der Waals surface area contributed by atoms with Crippen molar-refractivity contribution >= 4 is 27.9 Å². The van der Waals surface area contributed by atoms with Gasteiger partial charge in [0, 0.05) is 0 Å². The van der Waals surface area contributed by atoms with E-state index in [0.717, 1.165) is 5.56 Å². The van der Waals surface area contributed by atoms with Crippen molar-refractivity contribution in [2.75, 3.05) is 0 Å². The molecule has 0 saturated heterocycles. The standard InChI is InChI=1S/C11H14NO.3CH3.Sn/c1-11(2,3)12-10(13)9-7-5-4-6-8-9;;;;/h4-5,7-8H,1-3H3,(H,12,13);3*1H3;. The molecule has 0 aromatic heterocycles. The second-order valence-electron chi connectivity index (χ2n) is 6.53. The fourth-order valence-electron chi connectivity index (χ4n) is 1.54. The van der Waals surface area contributed by atoms with Crippen LogP contribution in [0.5, 0.6) is 0 Å². The zero-order valence-electron chi connectivity index (χ0n) is 11.7. The van der Waals surface area contributed by atoms with Crippen molar-refractivity contribution in [3.8, 4) is 0 Å². The number of carbonyl (C=O) groups excluding carboxylic acids is 1. The summed E-state index contributed by atoms with van der Waals surface area (Å²) in [6.07, 6.45) is 0. The first-order valence-corrected chi connectivity index (χ1v) is 16.0. The molecule has 1 aromatic carbocycles. The first-order valence-electron chi connectivity index (χ1n) is 6.03. The van der Waals surface area contributed by atoms with Gasteiger partial charge < -0.3 is 0 Å². The molecule has 2 nitrogen and oxygen atoms in total. The molecule has 0 aliphatic carbocycles. The van der Waals surface area contributed by atoms with Crippen molar-refractivity contribution in [2.45, 2.75) is 41.1 Å². The minimum atomic E-state index is -2.07. The average Bonchev–Trinajstić information content (AvgIpc) is 2.14. The van der Waals surface area contributed by atoms with Crippen LogP contribution in [0.3, 0.4) is 0 Å². The Morgan fingerprint density at radius 3 is 2.24 bits per heavy atom. The molecule has 1 aromatic rings. The van der Waals surface area contributed by atoms with Gasteiger partial charge in [0.2, 0.25) is 0 Å². The van der Waals surface area contributed by atoms with E-state index in [9.17, 15) is 4.79 Å². The number of nitrogens with one attached hydrogen (secondary N) is 1. The second-order valence-corrected chi connectivity index (χ2v) is 21.0. The van der Waals surface area contributed by atoms with Crippen molar-refractivity contribution in [1.82, 2.24) is 5.32 Å². The van der Waals surface area contributed by atoms with Crippen LogP contribution in [0.1, 0.15) is 31.1 Å². The van der Waals surface area contributed by atoms with E-state index in [1.165, 1.54) is 3.58 Å². The summed E-state index contributed by atoms with van der Waals surface area (Å²) in [6.45, 7) is 5.99. The fourth-order valence-corrected chi connectivity index (χ4v) is 4.92. The normalized spacial score (nSPS) is 12.4. The molecule has 0 unspecified atom stereocenters. The maximum absolute atomic E-state index is 12.1. The molecule has 0 spiro atoms. The maximum atomic E-state index is 12.1. The molecule has 0 saturated carbocycles. The molecule has 0 radical (unpaired) electrons. The van der Waals surface area contributed by atoms with E-state index in [2.05, 4.69) is 32.3 Å². The van der Waals surface area contributed by atoms with Crippen molar-refractivity contribution in [1.29, 1.82) is 0 Å². The molecule has 0 heterocycles. The van der Waals surface area contributed by atoms with Crippen LogP contribution in [0.25, 0.3) is 0 Å². The van der Waals surface area contributed by atoms with E-state index >= 15 is 0 Å². The van der Waals surface area contributed by atoms with E-state index in [1.54, 1.807) is 0 Å². The van der Waals surface area contributed by atoms with Gasteiger partial charge in [-0.15, -0.1) is 0 Å². The van der Waals surface area contributed by atoms with Crippen LogP contribution in [0.15, 0.2) is 24.3 Å². The third-order valence-electron chi connectivity index (χ3n) is 2.48. The molecule has 17 heavy (non-hydrogen) atoms. The van der Waals surface area contributed by atoms with Gasteiger partial charge in [-0.05, 0) is 0 Å². The monoisotopic (exact) mass is 341 g/mol. The predicted octanol–water partition coefficient (Wildman–Crippen LogP) is 2.76. The number of hydrogen-bond acceptors (Lipinski definition) is 1. The third kappa shape index (κ3) is 4.70. The number of rotatable bonds is 2. The zero-order chi connectivity index (χ0) is 13.3. The van der Waals surface area contributed by atoms with Crippen LogP contribution >= 0.6 is 0 Å². The first kappa shape index (κ1) is 14.5. The molecule has 0 aliphatic heterocycles. The van der Waals surface area contributed by atoms with Crippen LogP contribution in [0, 0.1) is 0 Å². The molecule has 0 fully saturated rings. The summed E-state index contributed by atoms with van der Waals surface area (Å²) in [5, 5.41) is 3.00. The molecule has 94 valence electrons. The van der Waals surface area contributed by atoms with Gasteiger partial charge in [-0.1, -0.05) is 0 Å². The molecule has 1 N–H and O–H groups in total. The summed E-state index contributed by atoms with van der Waals surface area (Å²) in [7, 11) is 0. The number of benzene rings is 1. The Hall–Kier alpha value is -0.511. The van der Waals surface area contributed by atoms with Crippen LogP contribution in [0.2, 0.25) is 14.8 Å². The Kier molecular flexibility index (Phi) is 4.28. The Labute approximate surface area is 109 Å². The van der Waals surface area contributed by atoms with Crippen molar-refractivity contribution in [2.24, 2.45) is 0 Å². The van der Waals surface area contributed by atoms with Crippen molar-refractivity contribution < 1.29 is 4.79 Å². The summed E-state index contributed by atoms with van der Waals surface area (Å²) in [6, 6.07) is 8.11. The molecular weight excluding hydrogens is 317 g/mol. The van der Waals surface area contributed by atoms with Crippen LogP contribution < -0.4 is 8.90 Å². The SMILES string of the molecule is CC(C)(C)NC(=O)c1ccc[c]([Sn]([CH3])([CH3])[CH3])c1. The number of hydrogen-bond donors (Lipinski definition) is 1. The zero-order valence-corrected chi connectivity index (χ0v) is 14.6. The average molecular weight is 340 g/mol. The Morgan fingerprint density at radius 1 is 1.18 bits per heavy atom. The van der Waals surface area contributed by atoms with Gasteiger partial charge in [-0.3, -0.25) is 0 Å². The van der Waals surface area contributed by atoms with Crippen LogP contribution in [0.4, 0.5) is 0 Å². The van der Waals surface area contributed by atoms with Gasteiger partial charge in [-0.25, -0.2) is 0 Å². The summed E-state index contributed by atoms with van der Waals surface area (Å²) in [5.41, 5.74) is 0.599. The summed E-state index contributed by atoms with van der Waals surface area (Å²) >= 11 is -2.07. The third-order valence-corrected chi connectivity index (χ3v) is 8.31. The van der Waals surface area contributed by atoms with E-state index in [4.69, 9.17) is 0 Å². The van der Waals surface area contributed by atoms with E-state index in [-0.39, 0.29) is 11.4 Å².